The monoisotopic (exact) mass is 255 g/mol. The van der Waals surface area contributed by atoms with Gasteiger partial charge in [0.2, 0.25) is 0 Å². The van der Waals surface area contributed by atoms with Crippen LogP contribution in [-0.4, -0.2) is 34.1 Å². The highest BCUT2D eigenvalue weighted by Gasteiger charge is 2.39. The van der Waals surface area contributed by atoms with E-state index < -0.39 is 11.5 Å². The maximum absolute atomic E-state index is 11.4. The Morgan fingerprint density at radius 2 is 2.00 bits per heavy atom. The summed E-state index contributed by atoms with van der Waals surface area (Å²) in [6.45, 7) is 11.1. The molecule has 1 saturated carbocycles. The molecule has 1 aliphatic rings. The second-order valence-corrected chi connectivity index (χ2v) is 6.47. The van der Waals surface area contributed by atoms with E-state index >= 15 is 0 Å². The fourth-order valence-electron chi connectivity index (χ4n) is 3.32. The van der Waals surface area contributed by atoms with Crippen molar-refractivity contribution in [2.45, 2.75) is 71.9 Å². The summed E-state index contributed by atoms with van der Waals surface area (Å²) in [5.74, 6) is 0.748. The Morgan fingerprint density at radius 1 is 1.39 bits per heavy atom. The van der Waals surface area contributed by atoms with Crippen LogP contribution in [0.5, 0.6) is 0 Å². The molecule has 0 saturated heterocycles. The Kier molecular flexibility index (Phi) is 5.20. The first kappa shape index (κ1) is 15.5. The highest BCUT2D eigenvalue weighted by molar-refractivity contribution is 5.77. The number of carbonyl (C=O) groups is 1. The molecule has 0 aromatic heterocycles. The minimum atomic E-state index is -0.752. The third-order valence-corrected chi connectivity index (χ3v) is 4.65. The van der Waals surface area contributed by atoms with E-state index in [1.165, 1.54) is 12.8 Å². The van der Waals surface area contributed by atoms with Crippen LogP contribution in [0.15, 0.2) is 0 Å². The lowest BCUT2D eigenvalue weighted by molar-refractivity contribution is -0.151. The molecule has 1 N–H and O–H groups in total. The smallest absolute Gasteiger partial charge is 0.323 e. The van der Waals surface area contributed by atoms with E-state index in [1.54, 1.807) is 0 Å². The first-order chi connectivity index (χ1) is 8.30. The third kappa shape index (κ3) is 3.25. The average Bonchev–Trinajstić information content (AvgIpc) is 2.29. The molecule has 0 aromatic rings. The fourth-order valence-corrected chi connectivity index (χ4v) is 3.32. The lowest BCUT2D eigenvalue weighted by Crippen LogP contribution is -2.55. The first-order valence-electron chi connectivity index (χ1n) is 7.30. The molecule has 1 aliphatic carbocycles. The Labute approximate surface area is 112 Å². The zero-order valence-corrected chi connectivity index (χ0v) is 12.6. The normalized spacial score (nSPS) is 25.7. The van der Waals surface area contributed by atoms with Gasteiger partial charge in [0.15, 0.2) is 0 Å². The molecule has 1 rings (SSSR count). The molecule has 1 fully saturated rings. The SMILES string of the molecule is CCN(C1CCCC(C(C)C)C1)C(C)(C)C(=O)O. The molecule has 3 heteroatoms. The van der Waals surface area contributed by atoms with Crippen molar-refractivity contribution in [3.63, 3.8) is 0 Å². The van der Waals surface area contributed by atoms with Gasteiger partial charge in [0.25, 0.3) is 0 Å². The molecule has 0 aliphatic heterocycles. The predicted molar refractivity (Wildman–Crippen MR) is 74.7 cm³/mol. The number of nitrogens with zero attached hydrogens (tertiary/aromatic N) is 1. The second-order valence-electron chi connectivity index (χ2n) is 6.47. The molecule has 18 heavy (non-hydrogen) atoms. The van der Waals surface area contributed by atoms with Gasteiger partial charge in [0, 0.05) is 6.04 Å². The molecule has 3 nitrogen and oxygen atoms in total. The van der Waals surface area contributed by atoms with Crippen LogP contribution in [0.4, 0.5) is 0 Å². The van der Waals surface area contributed by atoms with E-state index in [0.29, 0.717) is 12.0 Å². The van der Waals surface area contributed by atoms with Crippen LogP contribution in [-0.2, 0) is 4.79 Å². The summed E-state index contributed by atoms with van der Waals surface area (Å²) in [5.41, 5.74) is -0.752. The molecule has 0 bridgehead atoms. The summed E-state index contributed by atoms with van der Waals surface area (Å²) < 4.78 is 0. The molecule has 0 amide bonds. The van der Waals surface area contributed by atoms with Crippen LogP contribution in [0.25, 0.3) is 0 Å². The van der Waals surface area contributed by atoms with Crippen molar-refractivity contribution in [1.82, 2.24) is 4.90 Å². The van der Waals surface area contributed by atoms with Crippen LogP contribution < -0.4 is 0 Å². The maximum Gasteiger partial charge on any atom is 0.323 e. The summed E-state index contributed by atoms with van der Waals surface area (Å²) in [7, 11) is 0. The Balaban J connectivity index is 2.79. The zero-order chi connectivity index (χ0) is 13.9. The lowest BCUT2D eigenvalue weighted by atomic mass is 9.78. The summed E-state index contributed by atoms with van der Waals surface area (Å²) in [5, 5.41) is 9.41. The van der Waals surface area contributed by atoms with E-state index in [0.717, 1.165) is 25.3 Å². The van der Waals surface area contributed by atoms with Gasteiger partial charge in [0.1, 0.15) is 5.54 Å². The highest BCUT2D eigenvalue weighted by atomic mass is 16.4. The summed E-state index contributed by atoms with van der Waals surface area (Å²) in [6.07, 6.45) is 4.84. The van der Waals surface area contributed by atoms with Crippen LogP contribution in [0.2, 0.25) is 0 Å². The molecule has 2 unspecified atom stereocenters. The van der Waals surface area contributed by atoms with E-state index in [2.05, 4.69) is 25.7 Å². The fraction of sp³-hybridized carbons (Fsp3) is 0.933. The number of carboxylic acid groups (broad SMARTS) is 1. The molecular weight excluding hydrogens is 226 g/mol. The maximum atomic E-state index is 11.4. The zero-order valence-electron chi connectivity index (χ0n) is 12.6. The van der Waals surface area contributed by atoms with Crippen LogP contribution in [0.1, 0.15) is 60.3 Å². The number of rotatable bonds is 5. The third-order valence-electron chi connectivity index (χ3n) is 4.65. The van der Waals surface area contributed by atoms with E-state index in [9.17, 15) is 9.90 Å². The average molecular weight is 255 g/mol. The largest absolute Gasteiger partial charge is 0.480 e. The Hall–Kier alpha value is -0.570. The summed E-state index contributed by atoms with van der Waals surface area (Å²) in [6, 6.07) is 0.433. The van der Waals surface area contributed by atoms with Gasteiger partial charge >= 0.3 is 5.97 Å². The van der Waals surface area contributed by atoms with Crippen molar-refractivity contribution >= 4 is 5.97 Å². The molecule has 0 spiro atoms. The van der Waals surface area contributed by atoms with Crippen molar-refractivity contribution in [3.8, 4) is 0 Å². The number of carboxylic acids is 1. The minimum absolute atomic E-state index is 0.433. The van der Waals surface area contributed by atoms with Gasteiger partial charge in [-0.05, 0) is 45.1 Å². The topological polar surface area (TPSA) is 40.5 Å². The standard InChI is InChI=1S/C15H29NO2/c1-6-16(15(4,5)14(17)18)13-9-7-8-12(10-13)11(2)3/h11-13H,6-10H2,1-5H3,(H,17,18). The Bertz CT molecular complexity index is 286. The van der Waals surface area contributed by atoms with E-state index in [-0.39, 0.29) is 0 Å². The molecule has 0 aromatic carbocycles. The van der Waals surface area contributed by atoms with Gasteiger partial charge in [-0.2, -0.15) is 0 Å². The lowest BCUT2D eigenvalue weighted by Gasteiger charge is -2.44. The quantitative estimate of drug-likeness (QED) is 0.818. The second kappa shape index (κ2) is 6.05. The van der Waals surface area contributed by atoms with Crippen molar-refractivity contribution in [1.29, 1.82) is 0 Å². The van der Waals surface area contributed by atoms with Gasteiger partial charge in [-0.1, -0.05) is 33.6 Å². The summed E-state index contributed by atoms with van der Waals surface area (Å²) in [4.78, 5) is 13.6. The summed E-state index contributed by atoms with van der Waals surface area (Å²) >= 11 is 0. The predicted octanol–water partition coefficient (Wildman–Crippen LogP) is 3.39. The van der Waals surface area contributed by atoms with Crippen molar-refractivity contribution < 1.29 is 9.90 Å². The van der Waals surface area contributed by atoms with E-state index in [1.807, 2.05) is 13.8 Å². The number of hydrogen-bond donors (Lipinski definition) is 1. The van der Waals surface area contributed by atoms with Crippen molar-refractivity contribution in [2.75, 3.05) is 6.54 Å². The van der Waals surface area contributed by atoms with Gasteiger partial charge in [0.05, 0.1) is 0 Å². The van der Waals surface area contributed by atoms with Crippen molar-refractivity contribution in [2.24, 2.45) is 11.8 Å². The van der Waals surface area contributed by atoms with Gasteiger partial charge in [-0.25, -0.2) is 0 Å². The van der Waals surface area contributed by atoms with Crippen LogP contribution in [0.3, 0.4) is 0 Å². The van der Waals surface area contributed by atoms with E-state index in [4.69, 9.17) is 0 Å². The molecule has 0 heterocycles. The van der Waals surface area contributed by atoms with Crippen molar-refractivity contribution in [3.05, 3.63) is 0 Å². The van der Waals surface area contributed by atoms with Gasteiger partial charge in [-0.15, -0.1) is 0 Å². The van der Waals surface area contributed by atoms with Crippen LogP contribution in [0, 0.1) is 11.8 Å². The first-order valence-corrected chi connectivity index (χ1v) is 7.30. The Morgan fingerprint density at radius 3 is 2.44 bits per heavy atom. The van der Waals surface area contributed by atoms with Gasteiger partial charge in [-0.3, -0.25) is 9.69 Å². The van der Waals surface area contributed by atoms with Gasteiger partial charge < -0.3 is 5.11 Å². The minimum Gasteiger partial charge on any atom is -0.480 e. The molecule has 0 radical (unpaired) electrons. The molecular formula is C15H29NO2. The number of likely N-dealkylation sites (N-methyl/N-ethyl adjacent to an activating group) is 1. The number of aliphatic carboxylic acids is 1. The highest BCUT2D eigenvalue weighted by Crippen LogP contribution is 2.35. The number of hydrogen-bond acceptors (Lipinski definition) is 2. The van der Waals surface area contributed by atoms with Crippen LogP contribution >= 0.6 is 0 Å². The molecule has 106 valence electrons. The molecule has 2 atom stereocenters.